The summed E-state index contributed by atoms with van der Waals surface area (Å²) in [6.07, 6.45) is -3.29. The average molecular weight is 462 g/mol. The fourth-order valence-corrected chi connectivity index (χ4v) is 2.60. The molecule has 14 heteroatoms. The predicted molar refractivity (Wildman–Crippen MR) is 106 cm³/mol. The number of carbonyl (C=O) groups excluding carboxylic acids is 2. The number of hydrogen-bond donors (Lipinski definition) is 8. The smallest absolute Gasteiger partial charge is 0.274 e. The minimum Gasteiger partial charge on any atom is -0.394 e. The van der Waals surface area contributed by atoms with E-state index in [4.69, 9.17) is 20.4 Å². The molecule has 4 unspecified atom stereocenters. The van der Waals surface area contributed by atoms with Crippen LogP contribution in [0.25, 0.3) is 0 Å². The fraction of sp³-hybridized carbons (Fsp3) is 0.667. The summed E-state index contributed by atoms with van der Waals surface area (Å²) in [5.74, 6) is -1.58. The topological polar surface area (TPSA) is 228 Å². The van der Waals surface area contributed by atoms with Gasteiger partial charge in [-0.2, -0.15) is 0 Å². The molecule has 0 aliphatic carbocycles. The van der Waals surface area contributed by atoms with Crippen molar-refractivity contribution < 1.29 is 50.4 Å². The first kappa shape index (κ1) is 27.7. The van der Waals surface area contributed by atoms with Gasteiger partial charge in [0.15, 0.2) is 0 Å². The lowest BCUT2D eigenvalue weighted by atomic mass is 10.2. The number of carbonyl (C=O) groups is 2. The zero-order valence-corrected chi connectivity index (χ0v) is 17.3. The first-order valence-corrected chi connectivity index (χ1v) is 9.73. The molecule has 0 aliphatic rings. The Morgan fingerprint density at radius 1 is 0.625 bits per heavy atom. The van der Waals surface area contributed by atoms with Gasteiger partial charge in [0.25, 0.3) is 11.8 Å². The number of aliphatic hydroxyl groups excluding tert-OH is 8. The second-order valence-electron chi connectivity index (χ2n) is 7.05. The largest absolute Gasteiger partial charge is 0.394 e. The minimum atomic E-state index is -1.30. The standard InChI is InChI=1S/C18H30N4O10/c23-7-11(27)3-21(4-12(28)8-24)17(31)15-1-19-16(2-20-15)18(32)22(5-13(29)9-25)6-14(30)10-26/h1-2,11-14,23-30H,3-10H2. The lowest BCUT2D eigenvalue weighted by molar-refractivity contribution is 0.0202. The number of aliphatic hydroxyl groups is 8. The lowest BCUT2D eigenvalue weighted by Gasteiger charge is -2.27. The minimum absolute atomic E-state index is 0.255. The molecule has 4 atom stereocenters. The van der Waals surface area contributed by atoms with Crippen LogP contribution >= 0.6 is 0 Å². The third kappa shape index (κ3) is 8.68. The fourth-order valence-electron chi connectivity index (χ4n) is 2.60. The van der Waals surface area contributed by atoms with Crippen LogP contribution in [0.3, 0.4) is 0 Å². The summed E-state index contributed by atoms with van der Waals surface area (Å²) in [6.45, 7) is -4.02. The highest BCUT2D eigenvalue weighted by molar-refractivity contribution is 5.94. The molecule has 1 rings (SSSR count). The van der Waals surface area contributed by atoms with Gasteiger partial charge in [-0.15, -0.1) is 0 Å². The SMILES string of the molecule is O=C(c1cnc(C(=O)N(CC(O)CO)CC(O)CO)cn1)N(CC(O)CO)CC(O)CO. The summed E-state index contributed by atoms with van der Waals surface area (Å²) in [7, 11) is 0. The monoisotopic (exact) mass is 462 g/mol. The Bertz CT molecular complexity index is 625. The summed E-state index contributed by atoms with van der Waals surface area (Å²) < 4.78 is 0. The maximum absolute atomic E-state index is 12.7. The molecule has 182 valence electrons. The van der Waals surface area contributed by atoms with E-state index in [1.54, 1.807) is 0 Å². The van der Waals surface area contributed by atoms with E-state index in [2.05, 4.69) is 9.97 Å². The summed E-state index contributed by atoms with van der Waals surface area (Å²) in [5, 5.41) is 74.5. The number of nitrogens with zero attached hydrogens (tertiary/aromatic N) is 4. The van der Waals surface area contributed by atoms with Crippen LogP contribution in [0, 0.1) is 0 Å². The predicted octanol–water partition coefficient (Wildman–Crippen LogP) is -5.23. The van der Waals surface area contributed by atoms with Crippen molar-refractivity contribution in [3.63, 3.8) is 0 Å². The highest BCUT2D eigenvalue weighted by atomic mass is 16.3. The van der Waals surface area contributed by atoms with E-state index < -0.39 is 62.7 Å². The van der Waals surface area contributed by atoms with Gasteiger partial charge >= 0.3 is 0 Å². The maximum atomic E-state index is 12.7. The van der Waals surface area contributed by atoms with Gasteiger partial charge in [0, 0.05) is 26.2 Å². The van der Waals surface area contributed by atoms with Crippen LogP contribution in [0.1, 0.15) is 21.0 Å². The molecule has 0 radical (unpaired) electrons. The van der Waals surface area contributed by atoms with Crippen molar-refractivity contribution in [3.8, 4) is 0 Å². The van der Waals surface area contributed by atoms with Gasteiger partial charge in [0.1, 0.15) is 11.4 Å². The van der Waals surface area contributed by atoms with E-state index >= 15 is 0 Å². The summed E-state index contributed by atoms with van der Waals surface area (Å²) >= 11 is 0. The Labute approximate surface area is 183 Å². The van der Waals surface area contributed by atoms with Crippen LogP contribution in [0.5, 0.6) is 0 Å². The number of amides is 2. The van der Waals surface area contributed by atoms with Crippen molar-refractivity contribution in [3.05, 3.63) is 23.8 Å². The molecule has 1 aromatic rings. The van der Waals surface area contributed by atoms with Crippen LogP contribution in [0.2, 0.25) is 0 Å². The third-order valence-electron chi connectivity index (χ3n) is 4.23. The Kier molecular flexibility index (Phi) is 12.1. The van der Waals surface area contributed by atoms with Crippen LogP contribution in [-0.4, -0.2) is 149 Å². The van der Waals surface area contributed by atoms with Gasteiger partial charge in [0.2, 0.25) is 0 Å². The Hall–Kier alpha value is -2.30. The lowest BCUT2D eigenvalue weighted by Crippen LogP contribution is -2.45. The van der Waals surface area contributed by atoms with Gasteiger partial charge in [-0.1, -0.05) is 0 Å². The maximum Gasteiger partial charge on any atom is 0.274 e. The van der Waals surface area contributed by atoms with E-state index in [1.165, 1.54) is 0 Å². The molecule has 0 fully saturated rings. The molecule has 0 bridgehead atoms. The van der Waals surface area contributed by atoms with Gasteiger partial charge < -0.3 is 50.7 Å². The van der Waals surface area contributed by atoms with Crippen molar-refractivity contribution in [1.82, 2.24) is 19.8 Å². The Balaban J connectivity index is 3.03. The molecule has 14 nitrogen and oxygen atoms in total. The molecule has 0 aromatic carbocycles. The molecule has 8 N–H and O–H groups in total. The molecular weight excluding hydrogens is 432 g/mol. The Morgan fingerprint density at radius 3 is 1.06 bits per heavy atom. The van der Waals surface area contributed by atoms with Crippen LogP contribution < -0.4 is 0 Å². The average Bonchev–Trinajstić information content (AvgIpc) is 2.81. The van der Waals surface area contributed by atoms with Crippen molar-refractivity contribution >= 4 is 11.8 Å². The summed E-state index contributed by atoms with van der Waals surface area (Å²) in [6, 6.07) is 0. The molecule has 2 amide bonds. The number of rotatable bonds is 14. The molecule has 0 saturated heterocycles. The van der Waals surface area contributed by atoms with Crippen molar-refractivity contribution in [2.75, 3.05) is 52.6 Å². The first-order valence-electron chi connectivity index (χ1n) is 9.73. The second kappa shape index (κ2) is 14.0. The van der Waals surface area contributed by atoms with E-state index in [1.807, 2.05) is 0 Å². The van der Waals surface area contributed by atoms with E-state index in [0.717, 1.165) is 22.2 Å². The molecule has 0 aliphatic heterocycles. The first-order chi connectivity index (χ1) is 15.2. The molecule has 0 spiro atoms. The van der Waals surface area contributed by atoms with Crippen molar-refractivity contribution in [2.24, 2.45) is 0 Å². The van der Waals surface area contributed by atoms with Gasteiger partial charge in [0.05, 0.1) is 63.2 Å². The zero-order valence-electron chi connectivity index (χ0n) is 17.3. The molecule has 1 heterocycles. The number of aromatic nitrogens is 2. The van der Waals surface area contributed by atoms with Crippen LogP contribution in [0.15, 0.2) is 12.4 Å². The van der Waals surface area contributed by atoms with Gasteiger partial charge in [-0.3, -0.25) is 9.59 Å². The highest BCUT2D eigenvalue weighted by Gasteiger charge is 2.25. The molecule has 0 saturated carbocycles. The second-order valence-corrected chi connectivity index (χ2v) is 7.05. The quantitative estimate of drug-likeness (QED) is 0.130. The normalized spacial score (nSPS) is 15.0. The zero-order chi connectivity index (χ0) is 24.3. The van der Waals surface area contributed by atoms with Crippen molar-refractivity contribution in [2.45, 2.75) is 24.4 Å². The van der Waals surface area contributed by atoms with E-state index in [-0.39, 0.29) is 37.6 Å². The van der Waals surface area contributed by atoms with Gasteiger partial charge in [-0.05, 0) is 0 Å². The summed E-state index contributed by atoms with van der Waals surface area (Å²) in [5.41, 5.74) is -0.511. The van der Waals surface area contributed by atoms with E-state index in [0.29, 0.717) is 0 Å². The molecule has 1 aromatic heterocycles. The van der Waals surface area contributed by atoms with Gasteiger partial charge in [-0.25, -0.2) is 9.97 Å². The molecule has 32 heavy (non-hydrogen) atoms. The highest BCUT2D eigenvalue weighted by Crippen LogP contribution is 2.08. The molecular formula is C18H30N4O10. The number of hydrogen-bond acceptors (Lipinski definition) is 12. The summed E-state index contributed by atoms with van der Waals surface area (Å²) in [4.78, 5) is 34.9. The van der Waals surface area contributed by atoms with Crippen LogP contribution in [0.4, 0.5) is 0 Å². The Morgan fingerprint density at radius 2 is 0.875 bits per heavy atom. The van der Waals surface area contributed by atoms with Crippen molar-refractivity contribution in [1.29, 1.82) is 0 Å². The third-order valence-corrected chi connectivity index (χ3v) is 4.23. The van der Waals surface area contributed by atoms with Crippen LogP contribution in [-0.2, 0) is 0 Å². The van der Waals surface area contributed by atoms with E-state index in [9.17, 15) is 30.0 Å².